The fourth-order valence-electron chi connectivity index (χ4n) is 8.16. The summed E-state index contributed by atoms with van der Waals surface area (Å²) < 4.78 is 4.03. The molecule has 0 saturated heterocycles. The van der Waals surface area contributed by atoms with Gasteiger partial charge in [-0.1, -0.05) is 127 Å². The minimum atomic E-state index is -0.0702. The highest BCUT2D eigenvalue weighted by atomic mass is 16.1. The lowest BCUT2D eigenvalue weighted by Gasteiger charge is -2.16. The summed E-state index contributed by atoms with van der Waals surface area (Å²) >= 11 is 0. The fraction of sp³-hybridized carbons (Fsp3) is 0. The van der Waals surface area contributed by atoms with Crippen LogP contribution in [-0.4, -0.2) is 19.1 Å². The van der Waals surface area contributed by atoms with E-state index in [-0.39, 0.29) is 5.56 Å². The molecule has 0 unspecified atom stereocenters. The highest BCUT2D eigenvalue weighted by Crippen LogP contribution is 2.41. The average molecular weight is 665 g/mol. The third-order valence-electron chi connectivity index (χ3n) is 10.5. The van der Waals surface area contributed by atoms with Crippen LogP contribution in [0.3, 0.4) is 0 Å². The SMILES string of the molecule is O=c1c2ccc3c4cc5ccccc5cc4n(-c4nc(-c5ccccc5)c5ccc6ccccc6c5n4)c3c2c2ccccc2n1-c1ccccc1. The number of pyridine rings is 1. The van der Waals surface area contributed by atoms with Gasteiger partial charge in [-0.2, -0.15) is 0 Å². The number of aromatic nitrogens is 4. The normalized spacial score (nSPS) is 11.9. The number of nitrogens with zero attached hydrogens (tertiary/aromatic N) is 4. The van der Waals surface area contributed by atoms with Gasteiger partial charge in [-0.3, -0.25) is 13.9 Å². The van der Waals surface area contributed by atoms with E-state index in [0.717, 1.165) is 87.5 Å². The Kier molecular flexibility index (Phi) is 6.04. The molecule has 0 fully saturated rings. The second-order valence-electron chi connectivity index (χ2n) is 13.4. The van der Waals surface area contributed by atoms with Crippen LogP contribution < -0.4 is 5.56 Å². The first-order chi connectivity index (χ1) is 25.7. The molecule has 0 spiro atoms. The molecule has 5 nitrogen and oxygen atoms in total. The summed E-state index contributed by atoms with van der Waals surface area (Å²) in [7, 11) is 0. The van der Waals surface area contributed by atoms with Crippen molar-refractivity contribution in [2.45, 2.75) is 0 Å². The van der Waals surface area contributed by atoms with Crippen LogP contribution in [0.4, 0.5) is 0 Å². The van der Waals surface area contributed by atoms with Gasteiger partial charge in [0.2, 0.25) is 5.95 Å². The van der Waals surface area contributed by atoms with Crippen LogP contribution in [0.5, 0.6) is 0 Å². The first-order valence-electron chi connectivity index (χ1n) is 17.5. The zero-order valence-electron chi connectivity index (χ0n) is 27.9. The van der Waals surface area contributed by atoms with Crippen LogP contribution in [-0.2, 0) is 0 Å². The van der Waals surface area contributed by atoms with E-state index in [1.807, 2.05) is 77.4 Å². The van der Waals surface area contributed by atoms with Gasteiger partial charge in [0.05, 0.1) is 33.1 Å². The molecule has 0 aliphatic carbocycles. The number of fused-ring (bicyclic) bond motifs is 11. The summed E-state index contributed by atoms with van der Waals surface area (Å²) in [5.41, 5.74) is 6.25. The molecule has 0 saturated carbocycles. The number of hydrogen-bond acceptors (Lipinski definition) is 3. The first kappa shape index (κ1) is 28.7. The second kappa shape index (κ2) is 10.9. The average Bonchev–Trinajstić information content (AvgIpc) is 3.53. The molecule has 0 bridgehead atoms. The summed E-state index contributed by atoms with van der Waals surface area (Å²) in [6, 6.07) is 58.2. The fourth-order valence-corrected chi connectivity index (χ4v) is 8.16. The van der Waals surface area contributed by atoms with Gasteiger partial charge in [-0.15, -0.1) is 0 Å². The lowest BCUT2D eigenvalue weighted by Crippen LogP contribution is -2.19. The van der Waals surface area contributed by atoms with Crippen molar-refractivity contribution in [3.63, 3.8) is 0 Å². The van der Waals surface area contributed by atoms with Gasteiger partial charge in [-0.05, 0) is 58.6 Å². The van der Waals surface area contributed by atoms with Gasteiger partial charge < -0.3 is 0 Å². The predicted octanol–water partition coefficient (Wildman–Crippen LogP) is 11.2. The van der Waals surface area contributed by atoms with Crippen LogP contribution in [0.15, 0.2) is 175 Å². The van der Waals surface area contributed by atoms with Gasteiger partial charge in [0.15, 0.2) is 0 Å². The van der Waals surface area contributed by atoms with E-state index in [9.17, 15) is 4.79 Å². The van der Waals surface area contributed by atoms with Crippen molar-refractivity contribution in [2.75, 3.05) is 0 Å². The Hall–Kier alpha value is -7.11. The lowest BCUT2D eigenvalue weighted by atomic mass is 10.0. The molecule has 5 heteroatoms. The number of hydrogen-bond donors (Lipinski definition) is 0. The van der Waals surface area contributed by atoms with Gasteiger partial charge in [0.1, 0.15) is 0 Å². The Bertz CT molecular complexity index is 3310. The van der Waals surface area contributed by atoms with E-state index < -0.39 is 0 Å². The minimum Gasteiger partial charge on any atom is -0.277 e. The summed E-state index contributed by atoms with van der Waals surface area (Å²) in [4.78, 5) is 25.6. The Morgan fingerprint density at radius 1 is 0.423 bits per heavy atom. The van der Waals surface area contributed by atoms with Crippen molar-refractivity contribution in [3.05, 3.63) is 180 Å². The zero-order valence-corrected chi connectivity index (χ0v) is 27.9. The molecule has 242 valence electrons. The molecule has 0 aliphatic heterocycles. The van der Waals surface area contributed by atoms with E-state index in [2.05, 4.69) is 102 Å². The van der Waals surface area contributed by atoms with Gasteiger partial charge in [0.25, 0.3) is 5.56 Å². The van der Waals surface area contributed by atoms with E-state index in [1.54, 1.807) is 0 Å². The largest absolute Gasteiger partial charge is 0.277 e. The maximum atomic E-state index is 14.7. The van der Waals surface area contributed by atoms with Crippen LogP contribution >= 0.6 is 0 Å². The minimum absolute atomic E-state index is 0.0702. The van der Waals surface area contributed by atoms with Crippen molar-refractivity contribution in [1.82, 2.24) is 19.1 Å². The molecule has 3 heterocycles. The maximum Gasteiger partial charge on any atom is 0.263 e. The highest BCUT2D eigenvalue weighted by Gasteiger charge is 2.23. The highest BCUT2D eigenvalue weighted by molar-refractivity contribution is 6.26. The molecule has 0 atom stereocenters. The van der Waals surface area contributed by atoms with Crippen molar-refractivity contribution in [3.8, 4) is 22.9 Å². The third-order valence-corrected chi connectivity index (χ3v) is 10.5. The Labute approximate surface area is 297 Å². The summed E-state index contributed by atoms with van der Waals surface area (Å²) in [6.07, 6.45) is 0. The van der Waals surface area contributed by atoms with Gasteiger partial charge >= 0.3 is 0 Å². The molecule has 11 rings (SSSR count). The topological polar surface area (TPSA) is 52.7 Å². The van der Waals surface area contributed by atoms with E-state index in [1.165, 1.54) is 0 Å². The Morgan fingerprint density at radius 3 is 1.87 bits per heavy atom. The smallest absolute Gasteiger partial charge is 0.263 e. The molecule has 0 N–H and O–H groups in total. The van der Waals surface area contributed by atoms with Crippen molar-refractivity contribution in [2.24, 2.45) is 0 Å². The molecule has 0 radical (unpaired) electrons. The zero-order chi connectivity index (χ0) is 34.3. The molecule has 3 aromatic heterocycles. The number of benzene rings is 8. The van der Waals surface area contributed by atoms with Crippen LogP contribution in [0.25, 0.3) is 98.8 Å². The summed E-state index contributed by atoms with van der Waals surface area (Å²) in [5, 5.41) is 10.1. The van der Waals surface area contributed by atoms with Gasteiger partial charge in [0, 0.05) is 43.6 Å². The second-order valence-corrected chi connectivity index (χ2v) is 13.4. The molecule has 0 amide bonds. The van der Waals surface area contributed by atoms with Crippen molar-refractivity contribution in [1.29, 1.82) is 0 Å². The molecular weight excluding hydrogens is 637 g/mol. The first-order valence-corrected chi connectivity index (χ1v) is 17.5. The Balaban J connectivity index is 1.38. The molecular formula is C47H28N4O. The van der Waals surface area contributed by atoms with Crippen LogP contribution in [0.2, 0.25) is 0 Å². The van der Waals surface area contributed by atoms with Crippen molar-refractivity contribution < 1.29 is 0 Å². The third kappa shape index (κ3) is 4.08. The van der Waals surface area contributed by atoms with Crippen LogP contribution in [0.1, 0.15) is 0 Å². The van der Waals surface area contributed by atoms with E-state index in [4.69, 9.17) is 9.97 Å². The summed E-state index contributed by atoms with van der Waals surface area (Å²) in [6.45, 7) is 0. The maximum absolute atomic E-state index is 14.7. The lowest BCUT2D eigenvalue weighted by molar-refractivity contribution is 1.02. The standard InChI is InChI=1S/C47H28N4O/c52-46-37-26-25-35-39-27-31-16-7-8-17-32(31)28-41(39)51(45(35)42(37)36-21-11-12-22-40(36)50(46)33-18-5-2-6-19-33)47-48-43(30-14-3-1-4-15-30)38-24-23-29-13-9-10-20-34(29)44(38)49-47/h1-28H. The Morgan fingerprint density at radius 2 is 1.06 bits per heavy atom. The van der Waals surface area contributed by atoms with Gasteiger partial charge in [-0.25, -0.2) is 9.97 Å². The van der Waals surface area contributed by atoms with E-state index >= 15 is 0 Å². The predicted molar refractivity (Wildman–Crippen MR) is 215 cm³/mol. The van der Waals surface area contributed by atoms with Crippen LogP contribution in [0, 0.1) is 0 Å². The molecule has 11 aromatic rings. The number of rotatable bonds is 3. The van der Waals surface area contributed by atoms with Crippen molar-refractivity contribution >= 4 is 75.9 Å². The molecule has 8 aromatic carbocycles. The monoisotopic (exact) mass is 664 g/mol. The molecule has 0 aliphatic rings. The number of para-hydroxylation sites is 2. The molecule has 52 heavy (non-hydrogen) atoms. The quantitative estimate of drug-likeness (QED) is 0.177. The van der Waals surface area contributed by atoms with E-state index in [0.29, 0.717) is 11.3 Å². The summed E-state index contributed by atoms with van der Waals surface area (Å²) in [5.74, 6) is 0.557.